The second kappa shape index (κ2) is 9.52. The first-order valence-electron chi connectivity index (χ1n) is 9.92. The van der Waals surface area contributed by atoms with Crippen molar-refractivity contribution in [2.75, 3.05) is 0 Å². The first-order valence-corrected chi connectivity index (χ1v) is 9.92. The molecule has 0 saturated carbocycles. The minimum atomic E-state index is -0.807. The normalized spacial score (nSPS) is 11.9. The fourth-order valence-corrected chi connectivity index (χ4v) is 3.08. The van der Waals surface area contributed by atoms with E-state index < -0.39 is 11.6 Å². The van der Waals surface area contributed by atoms with Gasteiger partial charge in [0, 0.05) is 36.7 Å². The van der Waals surface area contributed by atoms with Crippen LogP contribution in [0.2, 0.25) is 0 Å². The molecule has 0 unspecified atom stereocenters. The Morgan fingerprint density at radius 2 is 1.93 bits per heavy atom. The lowest BCUT2D eigenvalue weighted by molar-refractivity contribution is -0.121. The molecule has 0 radical (unpaired) electrons. The smallest absolute Gasteiger partial charge is 0.221 e. The summed E-state index contributed by atoms with van der Waals surface area (Å²) in [6, 6.07) is 12.7. The highest BCUT2D eigenvalue weighted by atomic mass is 19.1. The molecule has 0 aliphatic heterocycles. The zero-order valence-corrected chi connectivity index (χ0v) is 17.3. The molecule has 1 atom stereocenters. The number of amides is 1. The second-order valence-electron chi connectivity index (χ2n) is 7.18. The highest BCUT2D eigenvalue weighted by molar-refractivity contribution is 5.77. The fraction of sp³-hybridized carbons (Fsp3) is 0.304. The van der Waals surface area contributed by atoms with Gasteiger partial charge in [-0.05, 0) is 31.9 Å². The van der Waals surface area contributed by atoms with Crippen LogP contribution < -0.4 is 10.1 Å². The van der Waals surface area contributed by atoms with Crippen molar-refractivity contribution in [3.05, 3.63) is 65.7 Å². The number of hydrogen-bond acceptors (Lipinski definition) is 3. The maximum Gasteiger partial charge on any atom is 0.221 e. The number of rotatable bonds is 8. The molecular weight excluding hydrogens is 388 g/mol. The maximum atomic E-state index is 14.2. The SMILES string of the molecule is CC[C@@H](C)NC(=O)CCc1c(-c2ccccc2)nn(C)c1Oc1ccc(F)cc1F. The first kappa shape index (κ1) is 21.5. The molecule has 158 valence electrons. The molecule has 1 heterocycles. The summed E-state index contributed by atoms with van der Waals surface area (Å²) in [5.41, 5.74) is 2.21. The lowest BCUT2D eigenvalue weighted by atomic mass is 10.0. The third-order valence-electron chi connectivity index (χ3n) is 4.86. The number of aromatic nitrogens is 2. The molecule has 0 fully saturated rings. The summed E-state index contributed by atoms with van der Waals surface area (Å²) in [6.45, 7) is 3.95. The van der Waals surface area contributed by atoms with Gasteiger partial charge in [-0.3, -0.25) is 4.79 Å². The maximum absolute atomic E-state index is 14.2. The van der Waals surface area contributed by atoms with Gasteiger partial charge in [-0.25, -0.2) is 13.5 Å². The van der Waals surface area contributed by atoms with Crippen LogP contribution >= 0.6 is 0 Å². The zero-order chi connectivity index (χ0) is 21.7. The number of carbonyl (C=O) groups is 1. The number of nitrogens with one attached hydrogen (secondary N) is 1. The molecule has 0 aliphatic carbocycles. The summed E-state index contributed by atoms with van der Waals surface area (Å²) in [4.78, 5) is 12.3. The van der Waals surface area contributed by atoms with E-state index in [1.165, 1.54) is 10.7 Å². The molecule has 2 aromatic carbocycles. The Balaban J connectivity index is 1.95. The second-order valence-corrected chi connectivity index (χ2v) is 7.18. The van der Waals surface area contributed by atoms with Crippen molar-refractivity contribution in [3.63, 3.8) is 0 Å². The summed E-state index contributed by atoms with van der Waals surface area (Å²) in [6.07, 6.45) is 1.43. The van der Waals surface area contributed by atoms with Crippen molar-refractivity contribution in [1.29, 1.82) is 0 Å². The zero-order valence-electron chi connectivity index (χ0n) is 17.3. The summed E-state index contributed by atoms with van der Waals surface area (Å²) >= 11 is 0. The van der Waals surface area contributed by atoms with Crippen LogP contribution in [0.5, 0.6) is 11.6 Å². The average molecular weight is 413 g/mol. The number of aryl methyl sites for hydroxylation is 1. The van der Waals surface area contributed by atoms with Gasteiger partial charge in [0.15, 0.2) is 11.6 Å². The van der Waals surface area contributed by atoms with Crippen LogP contribution in [0, 0.1) is 11.6 Å². The van der Waals surface area contributed by atoms with E-state index >= 15 is 0 Å². The van der Waals surface area contributed by atoms with Gasteiger partial charge in [-0.1, -0.05) is 37.3 Å². The number of nitrogens with zero attached hydrogens (tertiary/aromatic N) is 2. The van der Waals surface area contributed by atoms with Crippen LogP contribution in [0.4, 0.5) is 8.78 Å². The third-order valence-corrected chi connectivity index (χ3v) is 4.86. The monoisotopic (exact) mass is 413 g/mol. The highest BCUT2D eigenvalue weighted by Crippen LogP contribution is 2.35. The van der Waals surface area contributed by atoms with Crippen molar-refractivity contribution >= 4 is 5.91 Å². The third kappa shape index (κ3) is 5.03. The number of carbonyl (C=O) groups excluding carboxylic acids is 1. The molecule has 1 aromatic heterocycles. The van der Waals surface area contributed by atoms with E-state index in [4.69, 9.17) is 4.74 Å². The van der Waals surface area contributed by atoms with Crippen LogP contribution in [0.15, 0.2) is 48.5 Å². The lowest BCUT2D eigenvalue weighted by Crippen LogP contribution is -2.32. The molecule has 30 heavy (non-hydrogen) atoms. The van der Waals surface area contributed by atoms with Gasteiger partial charge in [0.25, 0.3) is 0 Å². The summed E-state index contributed by atoms with van der Waals surface area (Å²) in [7, 11) is 1.69. The van der Waals surface area contributed by atoms with Crippen molar-refractivity contribution < 1.29 is 18.3 Å². The first-order chi connectivity index (χ1) is 14.4. The van der Waals surface area contributed by atoms with Crippen LogP contribution in [0.3, 0.4) is 0 Å². The number of halogens is 2. The van der Waals surface area contributed by atoms with Gasteiger partial charge in [0.2, 0.25) is 11.8 Å². The topological polar surface area (TPSA) is 56.2 Å². The molecule has 0 spiro atoms. The number of ether oxygens (including phenoxy) is 1. The molecule has 3 aromatic rings. The van der Waals surface area contributed by atoms with E-state index in [1.807, 2.05) is 44.2 Å². The minimum absolute atomic E-state index is 0.0777. The quantitative estimate of drug-likeness (QED) is 0.565. The summed E-state index contributed by atoms with van der Waals surface area (Å²) < 4.78 is 34.7. The summed E-state index contributed by atoms with van der Waals surface area (Å²) in [5, 5.41) is 7.48. The van der Waals surface area contributed by atoms with Crippen molar-refractivity contribution in [3.8, 4) is 22.9 Å². The van der Waals surface area contributed by atoms with E-state index in [1.54, 1.807) is 7.05 Å². The Morgan fingerprint density at radius 1 is 1.20 bits per heavy atom. The predicted octanol–water partition coefficient (Wildman–Crippen LogP) is 5.00. The van der Waals surface area contributed by atoms with E-state index in [-0.39, 0.29) is 24.1 Å². The van der Waals surface area contributed by atoms with Crippen molar-refractivity contribution in [1.82, 2.24) is 15.1 Å². The number of hydrogen-bond donors (Lipinski definition) is 1. The largest absolute Gasteiger partial charge is 0.436 e. The lowest BCUT2D eigenvalue weighted by Gasteiger charge is -2.12. The van der Waals surface area contributed by atoms with E-state index in [0.717, 1.165) is 24.1 Å². The van der Waals surface area contributed by atoms with E-state index in [2.05, 4.69) is 10.4 Å². The highest BCUT2D eigenvalue weighted by Gasteiger charge is 2.22. The Labute approximate surface area is 174 Å². The fourth-order valence-electron chi connectivity index (χ4n) is 3.08. The van der Waals surface area contributed by atoms with Gasteiger partial charge in [-0.2, -0.15) is 5.10 Å². The summed E-state index contributed by atoms with van der Waals surface area (Å²) in [5.74, 6) is -1.36. The Kier molecular flexibility index (Phi) is 6.82. The standard InChI is InChI=1S/C23H25F2N3O2/c1-4-15(2)26-21(29)13-11-18-22(16-8-6-5-7-9-16)27-28(3)23(18)30-20-12-10-17(24)14-19(20)25/h5-10,12,14-15H,4,11,13H2,1-3H3,(H,26,29)/t15-/m1/s1. The molecule has 0 bridgehead atoms. The molecule has 5 nitrogen and oxygen atoms in total. The van der Waals surface area contributed by atoms with Crippen LogP contribution in [0.1, 0.15) is 32.3 Å². The van der Waals surface area contributed by atoms with Gasteiger partial charge in [0.1, 0.15) is 5.82 Å². The minimum Gasteiger partial charge on any atom is -0.436 e. The van der Waals surface area contributed by atoms with Crippen molar-refractivity contribution in [2.24, 2.45) is 7.05 Å². The predicted molar refractivity (Wildman–Crippen MR) is 111 cm³/mol. The van der Waals surface area contributed by atoms with E-state index in [0.29, 0.717) is 23.6 Å². The molecule has 1 amide bonds. The van der Waals surface area contributed by atoms with Gasteiger partial charge >= 0.3 is 0 Å². The van der Waals surface area contributed by atoms with Crippen LogP contribution in [-0.4, -0.2) is 21.7 Å². The van der Waals surface area contributed by atoms with Gasteiger partial charge in [-0.15, -0.1) is 0 Å². The van der Waals surface area contributed by atoms with Gasteiger partial charge in [0.05, 0.1) is 5.69 Å². The molecular formula is C23H25F2N3O2. The van der Waals surface area contributed by atoms with Crippen LogP contribution in [-0.2, 0) is 18.3 Å². The Morgan fingerprint density at radius 3 is 2.60 bits per heavy atom. The van der Waals surface area contributed by atoms with Crippen LogP contribution in [0.25, 0.3) is 11.3 Å². The molecule has 3 rings (SSSR count). The Bertz CT molecular complexity index is 1020. The number of benzene rings is 2. The molecule has 1 N–H and O–H groups in total. The molecule has 7 heteroatoms. The molecule has 0 aliphatic rings. The van der Waals surface area contributed by atoms with E-state index in [9.17, 15) is 13.6 Å². The van der Waals surface area contributed by atoms with Gasteiger partial charge < -0.3 is 10.1 Å². The van der Waals surface area contributed by atoms with Crippen molar-refractivity contribution in [2.45, 2.75) is 39.2 Å². The average Bonchev–Trinajstić information content (AvgIpc) is 3.04. The Hall–Kier alpha value is -3.22. The molecule has 0 saturated heterocycles.